The second kappa shape index (κ2) is 9.35. The number of likely N-dealkylation sites (tertiary alicyclic amines) is 2. The summed E-state index contributed by atoms with van der Waals surface area (Å²) in [5.74, 6) is 0.919. The molecule has 0 unspecified atom stereocenters. The molecule has 2 aliphatic heterocycles. The standard InChI is InChI=1S/C21H33N3O/c1-18-9-14-24(15-10-18)17-19-5-7-20(8-6-19)21(25)22-11-16-23-12-3-2-4-13-23/h5-8,18H,2-4,9-17H2,1H3,(H,22,25). The molecule has 0 aromatic heterocycles. The molecule has 1 N–H and O–H groups in total. The van der Waals surface area contributed by atoms with E-state index in [0.717, 1.165) is 31.1 Å². The van der Waals surface area contributed by atoms with Gasteiger partial charge in [-0.15, -0.1) is 0 Å². The van der Waals surface area contributed by atoms with Crippen LogP contribution < -0.4 is 5.32 Å². The van der Waals surface area contributed by atoms with Crippen molar-refractivity contribution >= 4 is 5.91 Å². The van der Waals surface area contributed by atoms with Gasteiger partial charge in [-0.25, -0.2) is 0 Å². The van der Waals surface area contributed by atoms with Crippen LogP contribution in [0.1, 0.15) is 54.9 Å². The third kappa shape index (κ3) is 5.82. The summed E-state index contributed by atoms with van der Waals surface area (Å²) in [4.78, 5) is 17.3. The summed E-state index contributed by atoms with van der Waals surface area (Å²) in [5.41, 5.74) is 2.08. The Bertz CT molecular complexity index is 529. The summed E-state index contributed by atoms with van der Waals surface area (Å²) in [6.07, 6.45) is 6.55. The molecule has 0 radical (unpaired) electrons. The van der Waals surface area contributed by atoms with Crippen LogP contribution in [0.5, 0.6) is 0 Å². The number of hydrogen-bond acceptors (Lipinski definition) is 3. The van der Waals surface area contributed by atoms with Crippen LogP contribution in [0.15, 0.2) is 24.3 Å². The molecule has 138 valence electrons. The first-order valence-electron chi connectivity index (χ1n) is 10.0. The molecule has 1 aromatic rings. The molecule has 2 fully saturated rings. The first kappa shape index (κ1) is 18.4. The van der Waals surface area contributed by atoms with Gasteiger partial charge in [-0.05, 0) is 75.5 Å². The summed E-state index contributed by atoms with van der Waals surface area (Å²) in [6, 6.07) is 8.16. The van der Waals surface area contributed by atoms with Crippen LogP contribution in [0.4, 0.5) is 0 Å². The van der Waals surface area contributed by atoms with Crippen molar-refractivity contribution < 1.29 is 4.79 Å². The molecule has 0 atom stereocenters. The lowest BCUT2D eigenvalue weighted by Crippen LogP contribution is -2.37. The zero-order valence-corrected chi connectivity index (χ0v) is 15.7. The Morgan fingerprint density at radius 2 is 1.68 bits per heavy atom. The summed E-state index contributed by atoms with van der Waals surface area (Å²) in [5, 5.41) is 3.06. The van der Waals surface area contributed by atoms with E-state index in [1.54, 1.807) is 0 Å². The molecule has 3 rings (SSSR count). The smallest absolute Gasteiger partial charge is 0.251 e. The SMILES string of the molecule is CC1CCN(Cc2ccc(C(=O)NCCN3CCCCC3)cc2)CC1. The maximum atomic E-state index is 12.3. The Morgan fingerprint density at radius 3 is 2.36 bits per heavy atom. The molecule has 4 heteroatoms. The van der Waals surface area contributed by atoms with E-state index in [-0.39, 0.29) is 5.91 Å². The quantitative estimate of drug-likeness (QED) is 0.862. The van der Waals surface area contributed by atoms with E-state index in [1.165, 1.54) is 63.8 Å². The summed E-state index contributed by atoms with van der Waals surface area (Å²) in [7, 11) is 0. The third-order valence-electron chi connectivity index (χ3n) is 5.66. The van der Waals surface area contributed by atoms with Crippen molar-refractivity contribution in [2.45, 2.75) is 45.6 Å². The normalized spacial score (nSPS) is 20.5. The Balaban J connectivity index is 1.40. The van der Waals surface area contributed by atoms with Gasteiger partial charge in [0.15, 0.2) is 0 Å². The van der Waals surface area contributed by atoms with Gasteiger partial charge in [-0.1, -0.05) is 25.5 Å². The maximum Gasteiger partial charge on any atom is 0.251 e. The van der Waals surface area contributed by atoms with Gasteiger partial charge < -0.3 is 10.2 Å². The number of hydrogen-bond donors (Lipinski definition) is 1. The summed E-state index contributed by atoms with van der Waals surface area (Å²) >= 11 is 0. The van der Waals surface area contributed by atoms with Crippen LogP contribution in [0.3, 0.4) is 0 Å². The van der Waals surface area contributed by atoms with Crippen LogP contribution >= 0.6 is 0 Å². The molecule has 0 saturated carbocycles. The van der Waals surface area contributed by atoms with Crippen LogP contribution in [0, 0.1) is 5.92 Å². The first-order valence-corrected chi connectivity index (χ1v) is 10.0. The van der Waals surface area contributed by atoms with Gasteiger partial charge in [0, 0.05) is 25.2 Å². The molecule has 4 nitrogen and oxygen atoms in total. The molecule has 2 heterocycles. The van der Waals surface area contributed by atoms with Crippen molar-refractivity contribution in [1.82, 2.24) is 15.1 Å². The average Bonchev–Trinajstić information content (AvgIpc) is 2.65. The van der Waals surface area contributed by atoms with Crippen molar-refractivity contribution in [3.8, 4) is 0 Å². The van der Waals surface area contributed by atoms with Crippen molar-refractivity contribution in [2.24, 2.45) is 5.92 Å². The van der Waals surface area contributed by atoms with Gasteiger partial charge >= 0.3 is 0 Å². The molecule has 0 bridgehead atoms. The Hall–Kier alpha value is -1.39. The minimum Gasteiger partial charge on any atom is -0.351 e. The Kier molecular flexibility index (Phi) is 6.88. The fourth-order valence-electron chi connectivity index (χ4n) is 3.85. The molecule has 1 amide bonds. The minimum absolute atomic E-state index is 0.0513. The van der Waals surface area contributed by atoms with E-state index in [1.807, 2.05) is 12.1 Å². The number of rotatable bonds is 6. The predicted octanol–water partition coefficient (Wildman–Crippen LogP) is 3.13. The number of benzene rings is 1. The Morgan fingerprint density at radius 1 is 1.00 bits per heavy atom. The molecule has 2 aliphatic rings. The van der Waals surface area contributed by atoms with Crippen LogP contribution in [0.2, 0.25) is 0 Å². The van der Waals surface area contributed by atoms with Crippen molar-refractivity contribution in [1.29, 1.82) is 0 Å². The summed E-state index contributed by atoms with van der Waals surface area (Å²) in [6.45, 7) is 9.81. The van der Waals surface area contributed by atoms with Gasteiger partial charge in [-0.3, -0.25) is 9.69 Å². The number of carbonyl (C=O) groups excluding carboxylic acids is 1. The van der Waals surface area contributed by atoms with E-state index in [0.29, 0.717) is 0 Å². The van der Waals surface area contributed by atoms with E-state index >= 15 is 0 Å². The van der Waals surface area contributed by atoms with E-state index in [4.69, 9.17) is 0 Å². The van der Waals surface area contributed by atoms with Gasteiger partial charge in [-0.2, -0.15) is 0 Å². The first-order chi connectivity index (χ1) is 12.2. The topological polar surface area (TPSA) is 35.6 Å². The van der Waals surface area contributed by atoms with Crippen LogP contribution in [-0.4, -0.2) is 55.0 Å². The highest BCUT2D eigenvalue weighted by Crippen LogP contribution is 2.18. The number of piperidine rings is 2. The molecular weight excluding hydrogens is 310 g/mol. The van der Waals surface area contributed by atoms with Gasteiger partial charge in [0.2, 0.25) is 0 Å². The largest absolute Gasteiger partial charge is 0.351 e. The van der Waals surface area contributed by atoms with E-state index in [9.17, 15) is 4.79 Å². The molecule has 0 aliphatic carbocycles. The van der Waals surface area contributed by atoms with E-state index < -0.39 is 0 Å². The average molecular weight is 344 g/mol. The predicted molar refractivity (Wildman–Crippen MR) is 103 cm³/mol. The maximum absolute atomic E-state index is 12.3. The minimum atomic E-state index is 0.0513. The van der Waals surface area contributed by atoms with Crippen molar-refractivity contribution in [3.05, 3.63) is 35.4 Å². The number of carbonyl (C=O) groups is 1. The highest BCUT2D eigenvalue weighted by molar-refractivity contribution is 5.94. The summed E-state index contributed by atoms with van der Waals surface area (Å²) < 4.78 is 0. The molecule has 1 aromatic carbocycles. The second-order valence-corrected chi connectivity index (χ2v) is 7.81. The zero-order valence-electron chi connectivity index (χ0n) is 15.7. The molecule has 0 spiro atoms. The lowest BCUT2D eigenvalue weighted by molar-refractivity contribution is 0.0946. The number of nitrogens with one attached hydrogen (secondary N) is 1. The highest BCUT2D eigenvalue weighted by atomic mass is 16.1. The zero-order chi connectivity index (χ0) is 17.5. The number of nitrogens with zero attached hydrogens (tertiary/aromatic N) is 2. The monoisotopic (exact) mass is 343 g/mol. The second-order valence-electron chi connectivity index (χ2n) is 7.81. The van der Waals surface area contributed by atoms with Crippen molar-refractivity contribution in [2.75, 3.05) is 39.3 Å². The fourth-order valence-corrected chi connectivity index (χ4v) is 3.85. The van der Waals surface area contributed by atoms with Crippen LogP contribution in [0.25, 0.3) is 0 Å². The van der Waals surface area contributed by atoms with Crippen LogP contribution in [-0.2, 0) is 6.54 Å². The van der Waals surface area contributed by atoms with Gasteiger partial charge in [0.05, 0.1) is 0 Å². The molecule has 25 heavy (non-hydrogen) atoms. The molecular formula is C21H33N3O. The lowest BCUT2D eigenvalue weighted by atomic mass is 9.99. The highest BCUT2D eigenvalue weighted by Gasteiger charge is 2.16. The molecule has 2 saturated heterocycles. The number of amides is 1. The van der Waals surface area contributed by atoms with E-state index in [2.05, 4.69) is 34.2 Å². The van der Waals surface area contributed by atoms with Gasteiger partial charge in [0.25, 0.3) is 5.91 Å². The van der Waals surface area contributed by atoms with Crippen molar-refractivity contribution in [3.63, 3.8) is 0 Å². The lowest BCUT2D eigenvalue weighted by Gasteiger charge is -2.30. The fraction of sp³-hybridized carbons (Fsp3) is 0.667. The Labute approximate surface area is 152 Å². The third-order valence-corrected chi connectivity index (χ3v) is 5.66. The van der Waals surface area contributed by atoms with Gasteiger partial charge in [0.1, 0.15) is 0 Å².